The number of carbonyl (C=O) groups is 2. The van der Waals surface area contributed by atoms with E-state index in [4.69, 9.17) is 16.3 Å². The summed E-state index contributed by atoms with van der Waals surface area (Å²) in [5, 5.41) is 13.3. The molecular weight excluding hydrogens is 393 g/mol. The number of amides is 1. The molecule has 2 aromatic rings. The fourth-order valence-corrected chi connectivity index (χ4v) is 2.47. The Bertz CT molecular complexity index is 935. The molecule has 0 bridgehead atoms. The van der Waals surface area contributed by atoms with Gasteiger partial charge in [-0.2, -0.15) is 0 Å². The lowest BCUT2D eigenvalue weighted by Gasteiger charge is -2.18. The third-order valence-corrected chi connectivity index (χ3v) is 4.02. The highest BCUT2D eigenvalue weighted by atomic mass is 35.5. The molecular formula is C18H17ClFN3O5. The molecule has 2 aromatic carbocycles. The van der Waals surface area contributed by atoms with Gasteiger partial charge in [-0.05, 0) is 31.2 Å². The van der Waals surface area contributed by atoms with E-state index in [2.05, 4.69) is 5.32 Å². The van der Waals surface area contributed by atoms with Crippen LogP contribution in [0, 0.1) is 15.9 Å². The van der Waals surface area contributed by atoms with Gasteiger partial charge in [0.1, 0.15) is 5.82 Å². The Balaban J connectivity index is 2.16. The van der Waals surface area contributed by atoms with Crippen molar-refractivity contribution >= 4 is 40.5 Å². The Morgan fingerprint density at radius 2 is 1.93 bits per heavy atom. The highest BCUT2D eigenvalue weighted by molar-refractivity contribution is 6.31. The Labute approximate surface area is 165 Å². The third kappa shape index (κ3) is 4.95. The minimum atomic E-state index is -1.22. The average Bonchev–Trinajstić information content (AvgIpc) is 2.63. The number of non-ortho nitro benzene ring substituents is 1. The monoisotopic (exact) mass is 409 g/mol. The number of nitro benzene ring substituents is 1. The molecule has 2 rings (SSSR count). The molecule has 0 saturated heterocycles. The maximum absolute atomic E-state index is 13.2. The second kappa shape index (κ2) is 8.66. The van der Waals surface area contributed by atoms with E-state index in [-0.39, 0.29) is 22.0 Å². The Morgan fingerprint density at radius 3 is 2.50 bits per heavy atom. The summed E-state index contributed by atoms with van der Waals surface area (Å²) in [6, 6.07) is 7.37. The van der Waals surface area contributed by atoms with E-state index >= 15 is 0 Å². The van der Waals surface area contributed by atoms with Crippen molar-refractivity contribution in [2.24, 2.45) is 0 Å². The molecule has 1 N–H and O–H groups in total. The van der Waals surface area contributed by atoms with Crippen LogP contribution < -0.4 is 10.2 Å². The Kier molecular flexibility index (Phi) is 6.53. The van der Waals surface area contributed by atoms with Crippen LogP contribution in [-0.2, 0) is 9.53 Å². The summed E-state index contributed by atoms with van der Waals surface area (Å²) in [5.41, 5.74) is 0.288. The second-order valence-electron chi connectivity index (χ2n) is 6.02. The van der Waals surface area contributed by atoms with Crippen molar-refractivity contribution < 1.29 is 23.6 Å². The predicted molar refractivity (Wildman–Crippen MR) is 102 cm³/mol. The summed E-state index contributed by atoms with van der Waals surface area (Å²) in [5.74, 6) is -2.21. The minimum absolute atomic E-state index is 0.0522. The maximum atomic E-state index is 13.2. The molecule has 0 unspecified atom stereocenters. The fourth-order valence-electron chi connectivity index (χ4n) is 2.29. The quantitative estimate of drug-likeness (QED) is 0.444. The van der Waals surface area contributed by atoms with Crippen LogP contribution in [0.1, 0.15) is 17.3 Å². The van der Waals surface area contributed by atoms with Crippen molar-refractivity contribution in [3.05, 3.63) is 62.9 Å². The lowest BCUT2D eigenvalue weighted by Crippen LogP contribution is -2.30. The number of nitro groups is 1. The largest absolute Gasteiger partial charge is 0.449 e. The van der Waals surface area contributed by atoms with E-state index in [9.17, 15) is 24.1 Å². The molecule has 0 aliphatic carbocycles. The summed E-state index contributed by atoms with van der Waals surface area (Å²) < 4.78 is 18.3. The summed E-state index contributed by atoms with van der Waals surface area (Å²) in [7, 11) is 3.32. The van der Waals surface area contributed by atoms with Crippen LogP contribution in [0.25, 0.3) is 0 Å². The third-order valence-electron chi connectivity index (χ3n) is 3.73. The molecule has 0 saturated carbocycles. The summed E-state index contributed by atoms with van der Waals surface area (Å²) in [6.45, 7) is 1.34. The van der Waals surface area contributed by atoms with Gasteiger partial charge in [0.2, 0.25) is 0 Å². The van der Waals surface area contributed by atoms with Gasteiger partial charge in [0.25, 0.3) is 11.6 Å². The standard InChI is InChI=1S/C18H17ClFN3O5/c1-10(17(24)21-11-4-6-15(20)14(19)8-11)28-18(25)13-9-12(23(26)27)5-7-16(13)22(2)3/h4-10H,1-3H3,(H,21,24)/t10-/m0/s1. The van der Waals surface area contributed by atoms with Gasteiger partial charge in [-0.15, -0.1) is 0 Å². The van der Waals surface area contributed by atoms with Crippen LogP contribution in [0.4, 0.5) is 21.5 Å². The predicted octanol–water partition coefficient (Wildman–Crippen LogP) is 3.64. The van der Waals surface area contributed by atoms with Crippen molar-refractivity contribution in [3.8, 4) is 0 Å². The number of nitrogens with one attached hydrogen (secondary N) is 1. The number of carbonyl (C=O) groups excluding carboxylic acids is 2. The summed E-state index contributed by atoms with van der Waals surface area (Å²) >= 11 is 5.66. The molecule has 8 nitrogen and oxygen atoms in total. The number of anilines is 2. The van der Waals surface area contributed by atoms with Gasteiger partial charge >= 0.3 is 5.97 Å². The van der Waals surface area contributed by atoms with Crippen molar-refractivity contribution in [1.29, 1.82) is 0 Å². The second-order valence-corrected chi connectivity index (χ2v) is 6.43. The minimum Gasteiger partial charge on any atom is -0.449 e. The molecule has 10 heteroatoms. The van der Waals surface area contributed by atoms with Crippen LogP contribution >= 0.6 is 11.6 Å². The van der Waals surface area contributed by atoms with Crippen molar-refractivity contribution in [2.45, 2.75) is 13.0 Å². The van der Waals surface area contributed by atoms with E-state index in [0.717, 1.165) is 12.1 Å². The SMILES string of the molecule is C[C@H](OC(=O)c1cc([N+](=O)[O-])ccc1N(C)C)C(=O)Nc1ccc(F)c(Cl)c1. The van der Waals surface area contributed by atoms with E-state index in [1.807, 2.05) is 0 Å². The number of halogens is 2. The molecule has 148 valence electrons. The molecule has 1 amide bonds. The Hall–Kier alpha value is -3.20. The number of esters is 1. The molecule has 0 aliphatic rings. The van der Waals surface area contributed by atoms with Gasteiger partial charge in [0.15, 0.2) is 6.10 Å². The molecule has 1 atom stereocenters. The highest BCUT2D eigenvalue weighted by Gasteiger charge is 2.24. The van der Waals surface area contributed by atoms with Gasteiger partial charge in [-0.3, -0.25) is 14.9 Å². The smallest absolute Gasteiger partial charge is 0.341 e. The zero-order chi connectivity index (χ0) is 21.0. The topological polar surface area (TPSA) is 102 Å². The molecule has 0 aromatic heterocycles. The number of ether oxygens (including phenoxy) is 1. The molecule has 0 heterocycles. The lowest BCUT2D eigenvalue weighted by atomic mass is 10.1. The van der Waals surface area contributed by atoms with E-state index in [1.165, 1.54) is 31.2 Å². The first kappa shape index (κ1) is 21.1. The number of rotatable bonds is 6. The van der Waals surface area contributed by atoms with Gasteiger partial charge in [-0.1, -0.05) is 11.6 Å². The van der Waals surface area contributed by atoms with Crippen LogP contribution in [-0.4, -0.2) is 37.0 Å². The van der Waals surface area contributed by atoms with Gasteiger partial charge < -0.3 is 15.0 Å². The highest BCUT2D eigenvalue weighted by Crippen LogP contribution is 2.25. The fraction of sp³-hybridized carbons (Fsp3) is 0.222. The van der Waals surface area contributed by atoms with E-state index in [1.54, 1.807) is 19.0 Å². The summed E-state index contributed by atoms with van der Waals surface area (Å²) in [4.78, 5) is 36.6. The summed E-state index contributed by atoms with van der Waals surface area (Å²) in [6.07, 6.45) is -1.22. The number of nitrogens with zero attached hydrogens (tertiary/aromatic N) is 2. The van der Waals surface area contributed by atoms with Gasteiger partial charge in [0, 0.05) is 31.9 Å². The van der Waals surface area contributed by atoms with Crippen LogP contribution in [0.5, 0.6) is 0 Å². The first-order valence-corrected chi connectivity index (χ1v) is 8.40. The van der Waals surface area contributed by atoms with Crippen molar-refractivity contribution in [1.82, 2.24) is 0 Å². The van der Waals surface area contributed by atoms with E-state index < -0.39 is 28.7 Å². The van der Waals surface area contributed by atoms with Crippen LogP contribution in [0.15, 0.2) is 36.4 Å². The van der Waals surface area contributed by atoms with Crippen LogP contribution in [0.3, 0.4) is 0 Å². The number of hydrogen-bond acceptors (Lipinski definition) is 6. The van der Waals surface area contributed by atoms with Crippen molar-refractivity contribution in [2.75, 3.05) is 24.3 Å². The Morgan fingerprint density at radius 1 is 1.25 bits per heavy atom. The normalized spacial score (nSPS) is 11.5. The van der Waals surface area contributed by atoms with Gasteiger partial charge in [0.05, 0.1) is 21.2 Å². The zero-order valence-electron chi connectivity index (χ0n) is 15.2. The molecule has 0 spiro atoms. The maximum Gasteiger partial charge on any atom is 0.341 e. The zero-order valence-corrected chi connectivity index (χ0v) is 16.0. The molecule has 0 aliphatic heterocycles. The van der Waals surface area contributed by atoms with Crippen molar-refractivity contribution in [3.63, 3.8) is 0 Å². The average molecular weight is 410 g/mol. The first-order chi connectivity index (χ1) is 13.1. The molecule has 28 heavy (non-hydrogen) atoms. The number of hydrogen-bond donors (Lipinski definition) is 1. The first-order valence-electron chi connectivity index (χ1n) is 8.02. The van der Waals surface area contributed by atoms with Gasteiger partial charge in [-0.25, -0.2) is 9.18 Å². The van der Waals surface area contributed by atoms with E-state index in [0.29, 0.717) is 5.69 Å². The molecule has 0 fully saturated rings. The lowest BCUT2D eigenvalue weighted by molar-refractivity contribution is -0.384. The number of benzene rings is 2. The van der Waals surface area contributed by atoms with Crippen LogP contribution in [0.2, 0.25) is 5.02 Å². The molecule has 0 radical (unpaired) electrons.